The van der Waals surface area contributed by atoms with Gasteiger partial charge in [-0.3, -0.25) is 18.2 Å². The van der Waals surface area contributed by atoms with E-state index in [9.17, 15) is 22.9 Å². The molecule has 1 N–H and O–H groups in total. The number of carbonyl (C=O) groups is 1. The van der Waals surface area contributed by atoms with Crippen LogP contribution >= 0.6 is 8.69 Å². The first kappa shape index (κ1) is 48.6. The van der Waals surface area contributed by atoms with E-state index in [4.69, 9.17) is 32.4 Å². The minimum atomic E-state index is -3.90. The van der Waals surface area contributed by atoms with Crippen LogP contribution in [0.1, 0.15) is 124 Å². The lowest BCUT2D eigenvalue weighted by molar-refractivity contribution is -0.478. The number of unbranched alkanes of at least 4 members (excludes halogenated alkanes) is 4. The molecule has 0 spiro atoms. The molecular formula is C40H66NO12PS. The van der Waals surface area contributed by atoms with Crippen molar-refractivity contribution in [2.75, 3.05) is 32.6 Å². The summed E-state index contributed by atoms with van der Waals surface area (Å²) < 4.78 is 76.2. The van der Waals surface area contributed by atoms with E-state index in [0.29, 0.717) is 25.1 Å². The van der Waals surface area contributed by atoms with Crippen molar-refractivity contribution in [2.45, 2.75) is 143 Å². The fourth-order valence-electron chi connectivity index (χ4n) is 5.31. The Hall–Kier alpha value is -2.55. The molecule has 2 unspecified atom stereocenters. The molecule has 0 saturated carbocycles. The number of nitrogens with zero attached hydrogens (tertiary/aromatic N) is 1. The van der Waals surface area contributed by atoms with Gasteiger partial charge in [0.2, 0.25) is 0 Å². The van der Waals surface area contributed by atoms with Gasteiger partial charge in [0.15, 0.2) is 8.69 Å². The Morgan fingerprint density at radius 3 is 1.98 bits per heavy atom. The van der Waals surface area contributed by atoms with Crippen LogP contribution in [-0.2, 0) is 55.4 Å². The van der Waals surface area contributed by atoms with E-state index in [1.54, 1.807) is 68.4 Å². The Morgan fingerprint density at radius 1 is 0.818 bits per heavy atom. The second-order valence-electron chi connectivity index (χ2n) is 16.5. The Bertz CT molecular complexity index is 1540. The van der Waals surface area contributed by atoms with Crippen LogP contribution in [0.25, 0.3) is 0 Å². The number of aliphatic hydroxyl groups is 1. The quantitative estimate of drug-likeness (QED) is 0.0469. The van der Waals surface area contributed by atoms with Gasteiger partial charge in [-0.2, -0.15) is 8.42 Å². The predicted molar refractivity (Wildman–Crippen MR) is 214 cm³/mol. The van der Waals surface area contributed by atoms with Crippen molar-refractivity contribution >= 4 is 24.9 Å². The Morgan fingerprint density at radius 2 is 1.42 bits per heavy atom. The predicted octanol–water partition coefficient (Wildman–Crippen LogP) is 8.34. The van der Waals surface area contributed by atoms with Gasteiger partial charge < -0.3 is 24.2 Å². The molecule has 314 valence electrons. The molecule has 0 fully saturated rings. The highest BCUT2D eigenvalue weighted by Crippen LogP contribution is 2.36. The molecule has 0 aliphatic heterocycles. The number of rotatable bonds is 24. The topological polar surface area (TPSA) is 156 Å². The van der Waals surface area contributed by atoms with Gasteiger partial charge in [-0.25, -0.2) is 9.32 Å². The number of hydrogen-bond acceptors (Lipinski definition) is 12. The molecule has 0 saturated heterocycles. The highest BCUT2D eigenvalue weighted by Gasteiger charge is 2.46. The van der Waals surface area contributed by atoms with Gasteiger partial charge in [0.1, 0.15) is 11.4 Å². The first-order valence-electron chi connectivity index (χ1n) is 19.0. The van der Waals surface area contributed by atoms with E-state index in [0.717, 1.165) is 51.4 Å². The molecule has 2 aromatic rings. The van der Waals surface area contributed by atoms with Crippen LogP contribution in [0.15, 0.2) is 48.5 Å². The summed E-state index contributed by atoms with van der Waals surface area (Å²) in [6, 6.07) is 15.0. The first-order valence-corrected chi connectivity index (χ1v) is 21.7. The summed E-state index contributed by atoms with van der Waals surface area (Å²) in [6.07, 6.45) is 3.39. The number of benzene rings is 2. The smallest absolute Gasteiger partial charge is 0.444 e. The van der Waals surface area contributed by atoms with E-state index in [1.165, 1.54) is 22.6 Å². The molecule has 0 heterocycles. The maximum atomic E-state index is 13.3. The highest BCUT2D eigenvalue weighted by atomic mass is 32.2. The zero-order valence-corrected chi connectivity index (χ0v) is 36.5. The van der Waals surface area contributed by atoms with E-state index >= 15 is 0 Å². The SMILES string of the molecule is CC(C)(C)OC(=O)N(CCCCCCOCCCCc1ccccc1)CC(O)c1ccc(OC(O[PH2]=O)(OC(C)(C)C)OC(C)(C)C)c(COS(C)(=O)=O)c1. The van der Waals surface area contributed by atoms with E-state index in [2.05, 4.69) is 24.3 Å². The van der Waals surface area contributed by atoms with E-state index in [1.807, 2.05) is 6.07 Å². The monoisotopic (exact) mass is 815 g/mol. The number of hydrogen-bond donors (Lipinski definition) is 1. The maximum absolute atomic E-state index is 13.3. The normalized spacial score (nSPS) is 13.7. The average molecular weight is 816 g/mol. The minimum Gasteiger partial charge on any atom is -0.444 e. The summed E-state index contributed by atoms with van der Waals surface area (Å²) in [5.41, 5.74) is -0.677. The van der Waals surface area contributed by atoms with Crippen LogP contribution in [0, 0.1) is 0 Å². The van der Waals surface area contributed by atoms with Crippen LogP contribution in [-0.4, -0.2) is 80.0 Å². The number of ether oxygens (including phenoxy) is 5. The second kappa shape index (κ2) is 22.4. The lowest BCUT2D eigenvalue weighted by atomic mass is 10.0. The van der Waals surface area contributed by atoms with Crippen LogP contribution in [0.5, 0.6) is 5.75 Å². The van der Waals surface area contributed by atoms with Crippen molar-refractivity contribution in [3.05, 3.63) is 65.2 Å². The van der Waals surface area contributed by atoms with Crippen LogP contribution < -0.4 is 4.74 Å². The van der Waals surface area contributed by atoms with Crippen LogP contribution in [0.4, 0.5) is 4.79 Å². The molecule has 2 atom stereocenters. The molecule has 2 aromatic carbocycles. The van der Waals surface area contributed by atoms with Crippen molar-refractivity contribution in [1.29, 1.82) is 0 Å². The van der Waals surface area contributed by atoms with Crippen molar-refractivity contribution in [2.24, 2.45) is 0 Å². The Labute approximate surface area is 330 Å². The van der Waals surface area contributed by atoms with Gasteiger partial charge in [0.05, 0.1) is 36.7 Å². The van der Waals surface area contributed by atoms with Crippen molar-refractivity contribution in [3.63, 3.8) is 0 Å². The highest BCUT2D eigenvalue weighted by molar-refractivity contribution is 7.85. The first-order chi connectivity index (χ1) is 25.5. The third kappa shape index (κ3) is 21.5. The number of amides is 1. The number of aryl methyl sites for hydroxylation is 1. The van der Waals surface area contributed by atoms with Crippen LogP contribution in [0.2, 0.25) is 0 Å². The van der Waals surface area contributed by atoms with Gasteiger partial charge in [0.25, 0.3) is 10.1 Å². The zero-order chi connectivity index (χ0) is 41.3. The van der Waals surface area contributed by atoms with Gasteiger partial charge in [-0.1, -0.05) is 49.2 Å². The summed E-state index contributed by atoms with van der Waals surface area (Å²) in [4.78, 5) is 14.8. The summed E-state index contributed by atoms with van der Waals surface area (Å²) in [5, 5.41) is 11.5. The largest absolute Gasteiger partial charge is 0.467 e. The zero-order valence-electron chi connectivity index (χ0n) is 34.6. The van der Waals surface area contributed by atoms with Gasteiger partial charge >= 0.3 is 12.3 Å². The van der Waals surface area contributed by atoms with Crippen molar-refractivity contribution in [1.82, 2.24) is 4.90 Å². The second-order valence-corrected chi connectivity index (χ2v) is 18.6. The molecule has 0 radical (unpaired) electrons. The molecule has 0 aliphatic rings. The molecule has 13 nitrogen and oxygen atoms in total. The summed E-state index contributed by atoms with van der Waals surface area (Å²) in [6.45, 7) is 16.9. The Balaban J connectivity index is 2.15. The summed E-state index contributed by atoms with van der Waals surface area (Å²) in [7, 11) is -5.78. The van der Waals surface area contributed by atoms with Crippen molar-refractivity contribution < 1.29 is 55.3 Å². The van der Waals surface area contributed by atoms with Gasteiger partial charge in [0, 0.05) is 25.3 Å². The molecule has 15 heteroatoms. The number of aliphatic hydroxyl groups excluding tert-OH is 1. The molecule has 0 bridgehead atoms. The lowest BCUT2D eigenvalue weighted by Gasteiger charge is -2.39. The van der Waals surface area contributed by atoms with Gasteiger partial charge in [-0.15, -0.1) is 0 Å². The molecule has 2 rings (SSSR count). The van der Waals surface area contributed by atoms with Crippen LogP contribution in [0.3, 0.4) is 0 Å². The standard InChI is InChI=1S/C40H66NO12PS/c1-37(2,3)50-36(43)41(25-17-11-12-18-26-47-27-19-16-22-31-20-14-13-15-21-31)29-34(42)32-23-24-35(33(28-32)30-48-55(10,45)46)49-40(53-54-44,51-38(4,5)6)52-39(7,8)9/h13-15,20-21,23-24,28,34,42H,11-12,16-19,22,25-27,29-30,54H2,1-10H3. The maximum Gasteiger partial charge on any atom is 0.467 e. The van der Waals surface area contributed by atoms with E-state index < -0.39 is 60.6 Å². The number of carbonyl (C=O) groups excluding carboxylic acids is 1. The molecule has 0 aliphatic carbocycles. The van der Waals surface area contributed by atoms with Crippen molar-refractivity contribution in [3.8, 4) is 5.75 Å². The van der Waals surface area contributed by atoms with E-state index in [-0.39, 0.29) is 17.9 Å². The summed E-state index contributed by atoms with van der Waals surface area (Å²) >= 11 is 0. The fourth-order valence-corrected chi connectivity index (χ4v) is 5.91. The molecule has 55 heavy (non-hydrogen) atoms. The third-order valence-corrected chi connectivity index (χ3v) is 8.48. The molecule has 1 amide bonds. The lowest BCUT2D eigenvalue weighted by Crippen LogP contribution is -2.51. The minimum absolute atomic E-state index is 0.0288. The van der Waals surface area contributed by atoms with Gasteiger partial charge in [-0.05, 0) is 118 Å². The average Bonchev–Trinajstić information content (AvgIpc) is 3.03. The third-order valence-electron chi connectivity index (χ3n) is 7.55. The fraction of sp³-hybridized carbons (Fsp3) is 0.675. The molecule has 0 aromatic heterocycles. The Kier molecular flexibility index (Phi) is 19.8. The summed E-state index contributed by atoms with van der Waals surface area (Å²) in [5.74, 6) is 0.0288. The molecular weight excluding hydrogens is 749 g/mol.